The van der Waals surface area contributed by atoms with Crippen molar-refractivity contribution in [3.63, 3.8) is 0 Å². The largest absolute Gasteiger partial charge is 0.480 e. The van der Waals surface area contributed by atoms with Crippen molar-refractivity contribution in [1.29, 1.82) is 0 Å². The summed E-state index contributed by atoms with van der Waals surface area (Å²) in [6.45, 7) is 8.95. The van der Waals surface area contributed by atoms with Crippen LogP contribution in [0.15, 0.2) is 0 Å². The summed E-state index contributed by atoms with van der Waals surface area (Å²) in [6, 6.07) is -1.03. The van der Waals surface area contributed by atoms with E-state index in [-0.39, 0.29) is 10.8 Å². The van der Waals surface area contributed by atoms with Gasteiger partial charge in [0, 0.05) is 17.8 Å². The molecule has 1 aliphatic heterocycles. The lowest BCUT2D eigenvalue weighted by Gasteiger charge is -2.44. The number of carbonyl (C=O) groups excluding carboxylic acids is 1. The Hall–Kier alpha value is -0.910. The van der Waals surface area contributed by atoms with Crippen molar-refractivity contribution < 1.29 is 14.7 Å². The average Bonchev–Trinajstić information content (AvgIpc) is 2.34. The molecule has 0 aromatic heterocycles. The second kappa shape index (κ2) is 6.24. The van der Waals surface area contributed by atoms with Crippen LogP contribution in [0.4, 0.5) is 4.79 Å². The van der Waals surface area contributed by atoms with Crippen LogP contribution in [0.25, 0.3) is 0 Å². The zero-order valence-corrected chi connectivity index (χ0v) is 13.8. The van der Waals surface area contributed by atoms with Gasteiger partial charge in [-0.1, -0.05) is 13.8 Å². The molecule has 1 heterocycles. The van der Waals surface area contributed by atoms with Crippen LogP contribution in [0.1, 0.15) is 40.5 Å². The summed E-state index contributed by atoms with van der Waals surface area (Å²) in [5.41, 5.74) is -0.392. The van der Waals surface area contributed by atoms with Gasteiger partial charge in [0.1, 0.15) is 6.04 Å². The van der Waals surface area contributed by atoms with Crippen molar-refractivity contribution in [3.8, 4) is 0 Å². The van der Waals surface area contributed by atoms with Gasteiger partial charge in [-0.15, -0.1) is 0 Å². The van der Waals surface area contributed by atoms with Crippen molar-refractivity contribution >= 4 is 23.8 Å². The Balaban J connectivity index is 2.77. The van der Waals surface area contributed by atoms with Crippen LogP contribution in [0.5, 0.6) is 0 Å². The molecule has 0 radical (unpaired) electrons. The molecule has 0 aliphatic carbocycles. The first-order valence-corrected chi connectivity index (χ1v) is 8.16. The lowest BCUT2D eigenvalue weighted by molar-refractivity contribution is -0.148. The molecule has 116 valence electrons. The molecular formula is C14H26N2O3S. The smallest absolute Gasteiger partial charge is 0.327 e. The first kappa shape index (κ1) is 17.1. The van der Waals surface area contributed by atoms with Crippen LogP contribution in [0.2, 0.25) is 0 Å². The van der Waals surface area contributed by atoms with Crippen LogP contribution in [0.3, 0.4) is 0 Å². The molecule has 1 unspecified atom stereocenters. The Morgan fingerprint density at radius 2 is 2.05 bits per heavy atom. The molecule has 0 spiro atoms. The third kappa shape index (κ3) is 4.04. The van der Waals surface area contributed by atoms with E-state index in [4.69, 9.17) is 0 Å². The number of carboxylic acid groups (broad SMARTS) is 1. The summed E-state index contributed by atoms with van der Waals surface area (Å²) in [6.07, 6.45) is 3.66. The summed E-state index contributed by atoms with van der Waals surface area (Å²) in [5, 5.41) is 12.3. The minimum Gasteiger partial charge on any atom is -0.480 e. The van der Waals surface area contributed by atoms with E-state index in [0.717, 1.165) is 12.8 Å². The van der Waals surface area contributed by atoms with Crippen molar-refractivity contribution in [2.24, 2.45) is 5.41 Å². The molecule has 1 fully saturated rings. The summed E-state index contributed by atoms with van der Waals surface area (Å²) in [7, 11) is 0. The summed E-state index contributed by atoms with van der Waals surface area (Å²) in [4.78, 5) is 25.3. The van der Waals surface area contributed by atoms with Gasteiger partial charge in [-0.2, -0.15) is 11.8 Å². The number of likely N-dealkylation sites (tertiary alicyclic amines) is 1. The second-order valence-corrected chi connectivity index (χ2v) is 8.16. The Bertz CT molecular complexity index is 383. The fourth-order valence-corrected chi connectivity index (χ4v) is 2.76. The van der Waals surface area contributed by atoms with Crippen LogP contribution in [-0.4, -0.2) is 52.1 Å². The van der Waals surface area contributed by atoms with Crippen molar-refractivity contribution in [1.82, 2.24) is 10.2 Å². The topological polar surface area (TPSA) is 69.6 Å². The van der Waals surface area contributed by atoms with Gasteiger partial charge in [-0.05, 0) is 38.4 Å². The number of carbonyl (C=O) groups is 2. The fourth-order valence-electron chi connectivity index (χ4n) is 2.54. The Morgan fingerprint density at radius 1 is 1.45 bits per heavy atom. The van der Waals surface area contributed by atoms with Crippen molar-refractivity contribution in [3.05, 3.63) is 0 Å². The quantitative estimate of drug-likeness (QED) is 0.836. The molecule has 20 heavy (non-hydrogen) atoms. The zero-order valence-electron chi connectivity index (χ0n) is 13.0. The molecule has 5 nitrogen and oxygen atoms in total. The number of piperidine rings is 1. The Labute approximate surface area is 125 Å². The molecule has 6 heteroatoms. The summed E-state index contributed by atoms with van der Waals surface area (Å²) in [5.74, 6) is -0.922. The van der Waals surface area contributed by atoms with E-state index >= 15 is 0 Å². The highest BCUT2D eigenvalue weighted by Crippen LogP contribution is 2.35. The monoisotopic (exact) mass is 302 g/mol. The predicted molar refractivity (Wildman–Crippen MR) is 82.1 cm³/mol. The molecule has 2 amide bonds. The van der Waals surface area contributed by atoms with E-state index in [0.29, 0.717) is 13.1 Å². The number of hydrogen-bond acceptors (Lipinski definition) is 3. The summed E-state index contributed by atoms with van der Waals surface area (Å²) >= 11 is 1.67. The average molecular weight is 302 g/mol. The minimum atomic E-state index is -0.922. The minimum absolute atomic E-state index is 0.0559. The molecule has 1 rings (SSSR count). The number of urea groups is 1. The number of nitrogens with one attached hydrogen (secondary N) is 1. The van der Waals surface area contributed by atoms with E-state index in [9.17, 15) is 14.7 Å². The standard InChI is InChI=1S/C14H26N2O3S/c1-13(2)7-6-8-16(10(13)11(17)18)12(19)15-9-14(3,4)20-5/h10H,6-9H2,1-5H3,(H,15,19)(H,17,18). The first-order valence-electron chi connectivity index (χ1n) is 6.93. The van der Waals surface area contributed by atoms with Gasteiger partial charge in [0.05, 0.1) is 0 Å². The van der Waals surface area contributed by atoms with Gasteiger partial charge in [0.2, 0.25) is 0 Å². The predicted octanol–water partition coefficient (Wildman–Crippen LogP) is 2.41. The molecule has 1 atom stereocenters. The van der Waals surface area contributed by atoms with Crippen molar-refractivity contribution in [2.45, 2.75) is 51.3 Å². The highest BCUT2D eigenvalue weighted by molar-refractivity contribution is 7.99. The molecule has 1 aliphatic rings. The van der Waals surface area contributed by atoms with Crippen molar-refractivity contribution in [2.75, 3.05) is 19.3 Å². The lowest BCUT2D eigenvalue weighted by Crippen LogP contribution is -2.59. The third-order valence-corrected chi connectivity index (χ3v) is 5.23. The number of rotatable bonds is 4. The van der Waals surface area contributed by atoms with Crippen LogP contribution >= 0.6 is 11.8 Å². The van der Waals surface area contributed by atoms with E-state index in [2.05, 4.69) is 5.32 Å². The lowest BCUT2D eigenvalue weighted by atomic mass is 9.76. The highest BCUT2D eigenvalue weighted by Gasteiger charge is 2.44. The highest BCUT2D eigenvalue weighted by atomic mass is 32.2. The van der Waals surface area contributed by atoms with E-state index in [1.807, 2.05) is 34.0 Å². The molecule has 0 aromatic rings. The number of hydrogen-bond donors (Lipinski definition) is 2. The third-order valence-electron chi connectivity index (χ3n) is 3.98. The number of aliphatic carboxylic acids is 1. The normalized spacial score (nSPS) is 22.4. The fraction of sp³-hybridized carbons (Fsp3) is 0.857. The van der Waals surface area contributed by atoms with Crippen LogP contribution < -0.4 is 5.32 Å². The van der Waals surface area contributed by atoms with Gasteiger partial charge in [0.15, 0.2) is 0 Å². The molecule has 0 bridgehead atoms. The zero-order chi connectivity index (χ0) is 15.6. The van der Waals surface area contributed by atoms with E-state index in [1.165, 1.54) is 4.90 Å². The second-order valence-electron chi connectivity index (χ2n) is 6.65. The van der Waals surface area contributed by atoms with Gasteiger partial charge in [0.25, 0.3) is 0 Å². The maximum absolute atomic E-state index is 12.3. The number of thioether (sulfide) groups is 1. The molecule has 0 aromatic carbocycles. The molecule has 1 saturated heterocycles. The molecule has 2 N–H and O–H groups in total. The Morgan fingerprint density at radius 3 is 2.55 bits per heavy atom. The van der Waals surface area contributed by atoms with Crippen LogP contribution in [0, 0.1) is 5.41 Å². The molecule has 0 saturated carbocycles. The number of carboxylic acids is 1. The Kier molecular flexibility index (Phi) is 5.35. The van der Waals surface area contributed by atoms with Gasteiger partial charge >= 0.3 is 12.0 Å². The van der Waals surface area contributed by atoms with Gasteiger partial charge in [-0.25, -0.2) is 9.59 Å². The maximum atomic E-state index is 12.3. The first-order chi connectivity index (χ1) is 9.10. The maximum Gasteiger partial charge on any atom is 0.327 e. The number of amides is 2. The molecular weight excluding hydrogens is 276 g/mol. The number of nitrogens with zero attached hydrogens (tertiary/aromatic N) is 1. The SMILES string of the molecule is CSC(C)(C)CNC(=O)N1CCCC(C)(C)C1C(=O)O. The summed E-state index contributed by atoms with van der Waals surface area (Å²) < 4.78 is -0.0559. The van der Waals surface area contributed by atoms with Gasteiger partial charge < -0.3 is 15.3 Å². The van der Waals surface area contributed by atoms with Gasteiger partial charge in [-0.3, -0.25) is 0 Å². The van der Waals surface area contributed by atoms with E-state index in [1.54, 1.807) is 11.8 Å². The van der Waals surface area contributed by atoms with Crippen LogP contribution in [-0.2, 0) is 4.79 Å². The van der Waals surface area contributed by atoms with E-state index < -0.39 is 17.4 Å².